The molecule has 2 aromatic rings. The van der Waals surface area contributed by atoms with Crippen molar-refractivity contribution in [2.24, 2.45) is 0 Å². The molecule has 1 unspecified atom stereocenters. The molecule has 0 radical (unpaired) electrons. The van der Waals surface area contributed by atoms with Crippen LogP contribution < -0.4 is 9.47 Å². The molecule has 0 N–H and O–H groups in total. The minimum Gasteiger partial charge on any atom is -0.497 e. The van der Waals surface area contributed by atoms with Gasteiger partial charge in [0.2, 0.25) is 10.0 Å². The van der Waals surface area contributed by atoms with Crippen molar-refractivity contribution in [2.75, 3.05) is 21.3 Å². The summed E-state index contributed by atoms with van der Waals surface area (Å²) >= 11 is 1.20. The second-order valence-corrected chi connectivity index (χ2v) is 8.48. The van der Waals surface area contributed by atoms with E-state index < -0.39 is 15.4 Å². The Hall–Kier alpha value is -2.03. The van der Waals surface area contributed by atoms with E-state index in [1.165, 1.54) is 32.0 Å². The van der Waals surface area contributed by atoms with Gasteiger partial charge in [-0.1, -0.05) is 11.8 Å². The van der Waals surface area contributed by atoms with Crippen molar-refractivity contribution >= 4 is 27.6 Å². The number of hydrogen-bond acceptors (Lipinski definition) is 6. The van der Waals surface area contributed by atoms with E-state index in [2.05, 4.69) is 0 Å². The average molecular weight is 379 g/mol. The lowest BCUT2D eigenvalue weighted by Crippen LogP contribution is -2.43. The van der Waals surface area contributed by atoms with Gasteiger partial charge < -0.3 is 9.47 Å². The zero-order valence-electron chi connectivity index (χ0n) is 13.9. The van der Waals surface area contributed by atoms with Crippen LogP contribution in [0, 0.1) is 0 Å². The van der Waals surface area contributed by atoms with Crippen molar-refractivity contribution in [1.82, 2.24) is 4.31 Å². The summed E-state index contributed by atoms with van der Waals surface area (Å²) in [4.78, 5) is 13.5. The molecule has 0 aromatic heterocycles. The Kier molecular flexibility index (Phi) is 4.77. The van der Waals surface area contributed by atoms with Gasteiger partial charge in [0.1, 0.15) is 16.9 Å². The van der Waals surface area contributed by atoms with Crippen molar-refractivity contribution in [3.05, 3.63) is 48.0 Å². The van der Waals surface area contributed by atoms with Crippen LogP contribution >= 0.6 is 11.8 Å². The number of sulfonamides is 1. The fraction of sp³-hybridized carbons (Fsp3) is 0.235. The molecule has 0 fully saturated rings. The van der Waals surface area contributed by atoms with E-state index in [-0.39, 0.29) is 10.7 Å². The second-order valence-electron chi connectivity index (χ2n) is 5.40. The van der Waals surface area contributed by atoms with E-state index in [1.807, 2.05) is 0 Å². The van der Waals surface area contributed by atoms with Crippen molar-refractivity contribution in [3.63, 3.8) is 0 Å². The van der Waals surface area contributed by atoms with Gasteiger partial charge >= 0.3 is 0 Å². The summed E-state index contributed by atoms with van der Waals surface area (Å²) in [5.74, 6) is 0.887. The van der Waals surface area contributed by atoms with Crippen LogP contribution in [0.25, 0.3) is 0 Å². The normalized spacial score (nSPS) is 19.1. The van der Waals surface area contributed by atoms with E-state index >= 15 is 0 Å². The molecule has 2 aromatic carbocycles. The van der Waals surface area contributed by atoms with Gasteiger partial charge in [-0.25, -0.2) is 8.42 Å². The van der Waals surface area contributed by atoms with Crippen LogP contribution in [0.2, 0.25) is 0 Å². The summed E-state index contributed by atoms with van der Waals surface area (Å²) in [6.45, 7) is 0. The number of thioether (sulfide) groups is 1. The zero-order chi connectivity index (χ0) is 18.2. The van der Waals surface area contributed by atoms with Crippen LogP contribution in [0.3, 0.4) is 0 Å². The summed E-state index contributed by atoms with van der Waals surface area (Å²) < 4.78 is 36.9. The third kappa shape index (κ3) is 3.12. The van der Waals surface area contributed by atoms with Crippen LogP contribution in [0.15, 0.2) is 52.3 Å². The highest BCUT2D eigenvalue weighted by Crippen LogP contribution is 2.42. The van der Waals surface area contributed by atoms with E-state index in [0.717, 1.165) is 4.31 Å². The lowest BCUT2D eigenvalue weighted by atomic mass is 10.1. The van der Waals surface area contributed by atoms with Crippen molar-refractivity contribution in [3.8, 4) is 11.5 Å². The molecule has 0 amide bonds. The molecule has 132 valence electrons. The molecule has 0 spiro atoms. The molecular formula is C17H17NO5S2. The first-order valence-electron chi connectivity index (χ1n) is 7.39. The highest BCUT2D eigenvalue weighted by atomic mass is 32.2. The monoisotopic (exact) mass is 379 g/mol. The standard InChI is InChI=1S/C17H17NO5S2/c1-18-17(16(19)11-4-6-12(22-2)7-5-11)24-14-10-13(23-3)8-9-15(14)25(18,20)21/h4-10,17H,1-3H3. The molecule has 0 aliphatic carbocycles. The molecule has 8 heteroatoms. The summed E-state index contributed by atoms with van der Waals surface area (Å²) in [6, 6.07) is 11.3. The number of benzene rings is 2. The molecule has 1 aliphatic heterocycles. The van der Waals surface area contributed by atoms with Gasteiger partial charge in [-0.2, -0.15) is 4.31 Å². The Balaban J connectivity index is 2.00. The van der Waals surface area contributed by atoms with Crippen molar-refractivity contribution < 1.29 is 22.7 Å². The first-order chi connectivity index (χ1) is 11.9. The Labute approximate surface area is 150 Å². The van der Waals surface area contributed by atoms with Crippen LogP contribution in [-0.2, 0) is 10.0 Å². The summed E-state index contributed by atoms with van der Waals surface area (Å²) in [5.41, 5.74) is 0.423. The first-order valence-corrected chi connectivity index (χ1v) is 9.71. The molecule has 0 bridgehead atoms. The molecular weight excluding hydrogens is 362 g/mol. The lowest BCUT2D eigenvalue weighted by Gasteiger charge is -2.31. The Morgan fingerprint density at radius 1 is 1.04 bits per heavy atom. The highest BCUT2D eigenvalue weighted by Gasteiger charge is 2.40. The van der Waals surface area contributed by atoms with Crippen LogP contribution in [-0.4, -0.2) is 45.1 Å². The summed E-state index contributed by atoms with van der Waals surface area (Å²) in [5, 5.41) is -0.877. The molecule has 0 saturated heterocycles. The van der Waals surface area contributed by atoms with Crippen molar-refractivity contribution in [1.29, 1.82) is 0 Å². The quantitative estimate of drug-likeness (QED) is 0.761. The number of ketones is 1. The maximum atomic E-state index is 12.9. The Bertz CT molecular complexity index is 909. The van der Waals surface area contributed by atoms with E-state index in [0.29, 0.717) is 22.0 Å². The molecule has 1 heterocycles. The molecule has 25 heavy (non-hydrogen) atoms. The number of ether oxygens (including phenoxy) is 2. The first kappa shape index (κ1) is 17.8. The van der Waals surface area contributed by atoms with Crippen molar-refractivity contribution in [2.45, 2.75) is 15.2 Å². The molecule has 1 aliphatic rings. The third-order valence-corrected chi connectivity index (χ3v) is 7.46. The summed E-state index contributed by atoms with van der Waals surface area (Å²) in [6.07, 6.45) is 0. The SMILES string of the molecule is COc1ccc(C(=O)C2Sc3cc(OC)ccc3S(=O)(=O)N2C)cc1. The number of fused-ring (bicyclic) bond motifs is 1. The van der Waals surface area contributed by atoms with Gasteiger partial charge in [0, 0.05) is 17.5 Å². The smallest absolute Gasteiger partial charge is 0.245 e. The van der Waals surface area contributed by atoms with Gasteiger partial charge in [0.05, 0.1) is 19.1 Å². The number of Topliss-reactive ketones (excluding diaryl/α,β-unsaturated/α-hetero) is 1. The van der Waals surface area contributed by atoms with Gasteiger partial charge in [-0.3, -0.25) is 4.79 Å². The maximum Gasteiger partial charge on any atom is 0.245 e. The average Bonchev–Trinajstić information content (AvgIpc) is 2.64. The lowest BCUT2D eigenvalue weighted by molar-refractivity contribution is 0.0955. The Morgan fingerprint density at radius 3 is 2.24 bits per heavy atom. The van der Waals surface area contributed by atoms with Crippen LogP contribution in [0.5, 0.6) is 11.5 Å². The minimum absolute atomic E-state index is 0.180. The fourth-order valence-electron chi connectivity index (χ4n) is 2.51. The number of carbonyl (C=O) groups is 1. The molecule has 0 saturated carbocycles. The maximum absolute atomic E-state index is 12.9. The predicted octanol–water partition coefficient (Wildman–Crippen LogP) is 2.64. The van der Waals surface area contributed by atoms with E-state index in [4.69, 9.17) is 9.47 Å². The largest absolute Gasteiger partial charge is 0.497 e. The molecule has 1 atom stereocenters. The highest BCUT2D eigenvalue weighted by molar-refractivity contribution is 8.03. The number of likely N-dealkylation sites (N-methyl/N-ethyl adjacent to an activating group) is 1. The number of nitrogens with zero attached hydrogens (tertiary/aromatic N) is 1. The molecule has 6 nitrogen and oxygen atoms in total. The predicted molar refractivity (Wildman–Crippen MR) is 94.9 cm³/mol. The second kappa shape index (κ2) is 6.70. The Morgan fingerprint density at radius 2 is 1.64 bits per heavy atom. The fourth-order valence-corrected chi connectivity index (χ4v) is 5.65. The number of carbonyl (C=O) groups excluding carboxylic acids is 1. The minimum atomic E-state index is -3.75. The molecule has 3 rings (SSSR count). The van der Waals surface area contributed by atoms with E-state index in [1.54, 1.807) is 43.5 Å². The van der Waals surface area contributed by atoms with Crippen LogP contribution in [0.4, 0.5) is 0 Å². The number of methoxy groups -OCH3 is 2. The van der Waals surface area contributed by atoms with Gasteiger partial charge in [0.25, 0.3) is 0 Å². The number of hydrogen-bond donors (Lipinski definition) is 0. The van der Waals surface area contributed by atoms with E-state index in [9.17, 15) is 13.2 Å². The van der Waals surface area contributed by atoms with Crippen LogP contribution in [0.1, 0.15) is 10.4 Å². The van der Waals surface area contributed by atoms with Gasteiger partial charge in [-0.05, 0) is 42.5 Å². The van der Waals surface area contributed by atoms with Gasteiger partial charge in [-0.15, -0.1) is 0 Å². The topological polar surface area (TPSA) is 72.9 Å². The zero-order valence-corrected chi connectivity index (χ0v) is 15.6. The third-order valence-electron chi connectivity index (χ3n) is 3.98. The summed E-state index contributed by atoms with van der Waals surface area (Å²) in [7, 11) is 0.719. The van der Waals surface area contributed by atoms with Gasteiger partial charge in [0.15, 0.2) is 5.78 Å². The number of rotatable bonds is 4.